The Morgan fingerprint density at radius 1 is 1.39 bits per heavy atom. The summed E-state index contributed by atoms with van der Waals surface area (Å²) in [7, 11) is 0. The van der Waals surface area contributed by atoms with Crippen molar-refractivity contribution in [3.63, 3.8) is 0 Å². The van der Waals surface area contributed by atoms with E-state index in [2.05, 4.69) is 5.32 Å². The number of rotatable bonds is 3. The summed E-state index contributed by atoms with van der Waals surface area (Å²) in [5, 5.41) is 2.77. The molecule has 18 heavy (non-hydrogen) atoms. The first-order chi connectivity index (χ1) is 8.50. The van der Waals surface area contributed by atoms with Crippen molar-refractivity contribution in [3.8, 4) is 0 Å². The zero-order valence-electron chi connectivity index (χ0n) is 10.4. The largest absolute Gasteiger partial charge is 0.340 e. The van der Waals surface area contributed by atoms with Crippen LogP contribution >= 0.6 is 0 Å². The molecule has 2 aliphatic rings. The average Bonchev–Trinajstić information content (AvgIpc) is 2.75. The van der Waals surface area contributed by atoms with E-state index in [4.69, 9.17) is 0 Å². The highest BCUT2D eigenvalue weighted by Crippen LogP contribution is 2.35. The highest BCUT2D eigenvalue weighted by Gasteiger charge is 2.51. The van der Waals surface area contributed by atoms with Crippen LogP contribution in [0.5, 0.6) is 0 Å². The second kappa shape index (κ2) is 4.82. The van der Waals surface area contributed by atoms with Crippen LogP contribution in [0.2, 0.25) is 0 Å². The number of hydrogen-bond donors (Lipinski definition) is 1. The molecule has 0 aromatic heterocycles. The summed E-state index contributed by atoms with van der Waals surface area (Å²) in [5.41, 5.74) is -0.905. The van der Waals surface area contributed by atoms with E-state index in [-0.39, 0.29) is 11.8 Å². The van der Waals surface area contributed by atoms with Gasteiger partial charge in [-0.05, 0) is 19.3 Å². The fourth-order valence-corrected chi connectivity index (χ4v) is 3.01. The molecule has 1 aliphatic heterocycles. The number of nitrogens with zero attached hydrogens (tertiary/aromatic N) is 1. The molecular formula is C12H18F2N2O2. The third kappa shape index (κ3) is 2.08. The fraction of sp³-hybridized carbons (Fsp3) is 0.833. The van der Waals surface area contributed by atoms with Crippen molar-refractivity contribution in [2.75, 3.05) is 6.54 Å². The number of halogens is 2. The van der Waals surface area contributed by atoms with Crippen LogP contribution in [-0.4, -0.2) is 41.3 Å². The predicted molar refractivity (Wildman–Crippen MR) is 61.1 cm³/mol. The molecule has 1 saturated heterocycles. The van der Waals surface area contributed by atoms with Crippen LogP contribution in [0.3, 0.4) is 0 Å². The topological polar surface area (TPSA) is 49.4 Å². The van der Waals surface area contributed by atoms with Crippen LogP contribution in [-0.2, 0) is 9.59 Å². The molecule has 1 saturated carbocycles. The van der Waals surface area contributed by atoms with E-state index in [0.29, 0.717) is 19.3 Å². The molecule has 2 amide bonds. The van der Waals surface area contributed by atoms with Gasteiger partial charge in [0, 0.05) is 0 Å². The number of carbonyl (C=O) groups excluding carboxylic acids is 2. The minimum Gasteiger partial charge on any atom is -0.340 e. The number of nitrogens with one attached hydrogen (secondary N) is 1. The van der Waals surface area contributed by atoms with E-state index in [1.165, 1.54) is 0 Å². The van der Waals surface area contributed by atoms with Gasteiger partial charge >= 0.3 is 0 Å². The first kappa shape index (κ1) is 13.2. The van der Waals surface area contributed by atoms with E-state index in [0.717, 1.165) is 17.7 Å². The number of alkyl halides is 2. The molecule has 2 fully saturated rings. The van der Waals surface area contributed by atoms with E-state index in [1.54, 1.807) is 6.92 Å². The highest BCUT2D eigenvalue weighted by molar-refractivity contribution is 6.00. The second-order valence-corrected chi connectivity index (χ2v) is 5.05. The Labute approximate surface area is 105 Å². The summed E-state index contributed by atoms with van der Waals surface area (Å²) in [4.78, 5) is 25.4. The van der Waals surface area contributed by atoms with Gasteiger partial charge in [-0.25, -0.2) is 8.78 Å². The van der Waals surface area contributed by atoms with Crippen molar-refractivity contribution in [2.24, 2.45) is 0 Å². The van der Waals surface area contributed by atoms with Gasteiger partial charge in [-0.2, -0.15) is 0 Å². The molecule has 2 rings (SSSR count). The Hall–Kier alpha value is -1.20. The zero-order valence-corrected chi connectivity index (χ0v) is 10.4. The lowest BCUT2D eigenvalue weighted by Gasteiger charge is -2.44. The normalized spacial score (nSPS) is 27.1. The molecule has 0 radical (unpaired) electrons. The second-order valence-electron chi connectivity index (χ2n) is 5.05. The summed E-state index contributed by atoms with van der Waals surface area (Å²) >= 11 is 0. The van der Waals surface area contributed by atoms with Crippen LogP contribution in [0.15, 0.2) is 0 Å². The van der Waals surface area contributed by atoms with Crippen LogP contribution < -0.4 is 5.32 Å². The molecule has 102 valence electrons. The summed E-state index contributed by atoms with van der Waals surface area (Å²) in [6, 6.07) is -0.752. The van der Waals surface area contributed by atoms with E-state index in [9.17, 15) is 18.4 Å². The molecule has 0 bridgehead atoms. The Morgan fingerprint density at radius 3 is 2.50 bits per heavy atom. The van der Waals surface area contributed by atoms with Gasteiger partial charge < -0.3 is 10.2 Å². The highest BCUT2D eigenvalue weighted by atomic mass is 19.3. The van der Waals surface area contributed by atoms with Gasteiger partial charge in [0.1, 0.15) is 11.6 Å². The molecule has 0 aromatic carbocycles. The molecule has 1 unspecified atom stereocenters. The molecule has 4 nitrogen and oxygen atoms in total. The third-order valence-corrected chi connectivity index (χ3v) is 3.89. The average molecular weight is 260 g/mol. The minimum absolute atomic E-state index is 0.292. The summed E-state index contributed by atoms with van der Waals surface area (Å²) in [6.07, 6.45) is 0.589. The van der Waals surface area contributed by atoms with E-state index >= 15 is 0 Å². The molecule has 1 heterocycles. The van der Waals surface area contributed by atoms with Crippen LogP contribution in [0.25, 0.3) is 0 Å². The fourth-order valence-electron chi connectivity index (χ4n) is 3.01. The molecule has 6 heteroatoms. The van der Waals surface area contributed by atoms with Crippen molar-refractivity contribution in [1.29, 1.82) is 0 Å². The molecule has 1 N–H and O–H groups in total. The summed E-state index contributed by atoms with van der Waals surface area (Å²) in [5.74, 6) is -0.619. The Kier molecular flexibility index (Phi) is 3.54. The quantitative estimate of drug-likeness (QED) is 0.831. The van der Waals surface area contributed by atoms with Crippen molar-refractivity contribution in [3.05, 3.63) is 0 Å². The lowest BCUT2D eigenvalue weighted by Crippen LogP contribution is -2.69. The lowest BCUT2D eigenvalue weighted by molar-refractivity contribution is -0.157. The van der Waals surface area contributed by atoms with Crippen LogP contribution in [0.4, 0.5) is 8.78 Å². The van der Waals surface area contributed by atoms with Gasteiger partial charge in [0.05, 0.1) is 6.54 Å². The number of amides is 2. The van der Waals surface area contributed by atoms with Crippen LogP contribution in [0, 0.1) is 0 Å². The molecule has 1 atom stereocenters. The monoisotopic (exact) mass is 260 g/mol. The summed E-state index contributed by atoms with van der Waals surface area (Å²) in [6.45, 7) is 1.08. The number of hydrogen-bond acceptors (Lipinski definition) is 2. The van der Waals surface area contributed by atoms with Crippen molar-refractivity contribution >= 4 is 11.8 Å². The Morgan fingerprint density at radius 2 is 2.00 bits per heavy atom. The summed E-state index contributed by atoms with van der Waals surface area (Å²) < 4.78 is 25.2. The standard InChI is InChI=1S/C12H18F2N2O2/c1-2-8-10(17)15-12(5-3-4-6-12)11(18)16(8)7-9(13)14/h8-9H,2-7H2,1H3,(H,15,17). The van der Waals surface area contributed by atoms with Gasteiger partial charge in [0.15, 0.2) is 0 Å². The lowest BCUT2D eigenvalue weighted by atomic mass is 9.90. The molecule has 1 spiro atoms. The Balaban J connectivity index is 2.26. The van der Waals surface area contributed by atoms with Gasteiger partial charge in [-0.1, -0.05) is 19.8 Å². The maximum atomic E-state index is 12.6. The molecule has 0 aromatic rings. The smallest absolute Gasteiger partial charge is 0.255 e. The van der Waals surface area contributed by atoms with Gasteiger partial charge in [-0.3, -0.25) is 9.59 Å². The van der Waals surface area contributed by atoms with Gasteiger partial charge in [-0.15, -0.1) is 0 Å². The Bertz CT molecular complexity index is 354. The third-order valence-electron chi connectivity index (χ3n) is 3.89. The first-order valence-electron chi connectivity index (χ1n) is 6.41. The number of piperazine rings is 1. The number of carbonyl (C=O) groups is 2. The molecular weight excluding hydrogens is 242 g/mol. The minimum atomic E-state index is -2.60. The first-order valence-corrected chi connectivity index (χ1v) is 6.41. The van der Waals surface area contributed by atoms with Crippen molar-refractivity contribution < 1.29 is 18.4 Å². The maximum Gasteiger partial charge on any atom is 0.255 e. The van der Waals surface area contributed by atoms with Crippen LogP contribution in [0.1, 0.15) is 39.0 Å². The van der Waals surface area contributed by atoms with E-state index in [1.807, 2.05) is 0 Å². The van der Waals surface area contributed by atoms with E-state index < -0.39 is 24.6 Å². The molecule has 1 aliphatic carbocycles. The predicted octanol–water partition coefficient (Wildman–Crippen LogP) is 1.30. The maximum absolute atomic E-state index is 12.6. The van der Waals surface area contributed by atoms with Gasteiger partial charge in [0.2, 0.25) is 11.8 Å². The van der Waals surface area contributed by atoms with Gasteiger partial charge in [0.25, 0.3) is 6.43 Å². The van der Waals surface area contributed by atoms with Crippen molar-refractivity contribution in [2.45, 2.75) is 57.0 Å². The SMILES string of the molecule is CCC1C(=O)NC2(CCCC2)C(=O)N1CC(F)F. The van der Waals surface area contributed by atoms with Crippen molar-refractivity contribution in [1.82, 2.24) is 10.2 Å². The zero-order chi connectivity index (χ0) is 13.3.